The van der Waals surface area contributed by atoms with Gasteiger partial charge in [-0.2, -0.15) is 0 Å². The fourth-order valence-corrected chi connectivity index (χ4v) is 11.1. The zero-order valence-electron chi connectivity index (χ0n) is 40.3. The lowest BCUT2D eigenvalue weighted by Crippen LogP contribution is -2.41. The molecule has 0 unspecified atom stereocenters. The molecule has 0 aliphatic carbocycles. The van der Waals surface area contributed by atoms with Crippen LogP contribution in [0.25, 0.3) is 24.3 Å². The minimum absolute atomic E-state index is 0.00527. The molecule has 0 radical (unpaired) electrons. The molecule has 4 aromatic rings. The van der Waals surface area contributed by atoms with Crippen LogP contribution in [-0.2, 0) is 21.7 Å². The SMILES string of the molecule is CCN(CCCC(C)(C)[Si](C)(C)O)c1ccc(/C=C/c2cc(CCO[Si](C)(C)C(C)(C)C)c(/C=C/c3cc(CCO[Si](C)(C)C(C)(C)C)c(C#Cc4ccccc4)s3)s2)cc1. The highest BCUT2D eigenvalue weighted by atomic mass is 32.1. The second-order valence-electron chi connectivity index (χ2n) is 20.8. The van der Waals surface area contributed by atoms with Gasteiger partial charge in [-0.3, -0.25) is 0 Å². The summed E-state index contributed by atoms with van der Waals surface area (Å²) in [6, 6.07) is 23.9. The molecule has 4 nitrogen and oxygen atoms in total. The third-order valence-corrected chi connectivity index (χ3v) is 28.2. The first-order valence-corrected chi connectivity index (χ1v) is 32.8. The Balaban J connectivity index is 1.57. The maximum atomic E-state index is 10.8. The molecule has 9 heteroatoms. The second-order valence-corrected chi connectivity index (χ2v) is 37.0. The van der Waals surface area contributed by atoms with Crippen LogP contribution in [-0.4, -0.2) is 56.1 Å². The summed E-state index contributed by atoms with van der Waals surface area (Å²) >= 11 is 3.61. The van der Waals surface area contributed by atoms with E-state index in [4.69, 9.17) is 8.85 Å². The van der Waals surface area contributed by atoms with Crippen LogP contribution in [0.1, 0.15) is 117 Å². The third-order valence-electron chi connectivity index (χ3n) is 13.4. The fourth-order valence-electron chi connectivity index (χ4n) is 6.24. The molecule has 4 rings (SSSR count). The molecular formula is C52H77NO3S2Si3. The third kappa shape index (κ3) is 14.9. The van der Waals surface area contributed by atoms with Gasteiger partial charge in [-0.15, -0.1) is 22.7 Å². The van der Waals surface area contributed by atoms with E-state index < -0.39 is 25.0 Å². The molecule has 0 saturated heterocycles. The Kier molecular flexibility index (Phi) is 17.7. The summed E-state index contributed by atoms with van der Waals surface area (Å²) < 4.78 is 13.3. The molecule has 332 valence electrons. The zero-order valence-corrected chi connectivity index (χ0v) is 45.0. The molecule has 0 spiro atoms. The monoisotopic (exact) mass is 911 g/mol. The van der Waals surface area contributed by atoms with E-state index in [9.17, 15) is 4.80 Å². The molecule has 2 aromatic carbocycles. The Hall–Kier alpha value is -2.79. The van der Waals surface area contributed by atoms with Gasteiger partial charge in [0.05, 0.1) is 4.88 Å². The molecule has 2 heterocycles. The second kappa shape index (κ2) is 21.3. The van der Waals surface area contributed by atoms with Gasteiger partial charge in [0, 0.05) is 52.2 Å². The Morgan fingerprint density at radius 3 is 1.77 bits per heavy atom. The highest BCUT2D eigenvalue weighted by Gasteiger charge is 2.39. The largest absolute Gasteiger partial charge is 0.432 e. The summed E-state index contributed by atoms with van der Waals surface area (Å²) in [5, 5.41) is 0.351. The lowest BCUT2D eigenvalue weighted by Gasteiger charge is -2.36. The lowest BCUT2D eigenvalue weighted by atomic mass is 10.1. The molecule has 0 atom stereocenters. The average Bonchev–Trinajstić information content (AvgIpc) is 3.75. The van der Waals surface area contributed by atoms with Crippen LogP contribution in [0.2, 0.25) is 54.4 Å². The summed E-state index contributed by atoms with van der Waals surface area (Å²) in [7, 11) is -5.93. The highest BCUT2D eigenvalue weighted by molar-refractivity contribution is 7.14. The first-order valence-electron chi connectivity index (χ1n) is 22.4. The summed E-state index contributed by atoms with van der Waals surface area (Å²) in [6.07, 6.45) is 12.9. The van der Waals surface area contributed by atoms with Crippen molar-refractivity contribution >= 4 is 77.6 Å². The fraction of sp³-hybridized carbons (Fsp3) is 0.500. The number of nitrogens with zero attached hydrogens (tertiary/aromatic N) is 1. The van der Waals surface area contributed by atoms with E-state index >= 15 is 0 Å². The summed E-state index contributed by atoms with van der Waals surface area (Å²) in [5.74, 6) is 6.93. The average molecular weight is 913 g/mol. The van der Waals surface area contributed by atoms with E-state index in [1.165, 1.54) is 37.0 Å². The van der Waals surface area contributed by atoms with Crippen LogP contribution in [0.15, 0.2) is 66.7 Å². The van der Waals surface area contributed by atoms with Crippen molar-refractivity contribution in [2.75, 3.05) is 31.2 Å². The number of hydrogen-bond donors (Lipinski definition) is 1. The topological polar surface area (TPSA) is 41.9 Å². The summed E-state index contributed by atoms with van der Waals surface area (Å²) in [6.45, 7) is 37.3. The number of benzene rings is 2. The van der Waals surface area contributed by atoms with Crippen molar-refractivity contribution in [2.45, 2.75) is 142 Å². The van der Waals surface area contributed by atoms with Crippen molar-refractivity contribution in [1.82, 2.24) is 0 Å². The van der Waals surface area contributed by atoms with Crippen molar-refractivity contribution < 1.29 is 13.6 Å². The molecule has 0 bridgehead atoms. The Morgan fingerprint density at radius 1 is 0.672 bits per heavy atom. The maximum Gasteiger partial charge on any atom is 0.191 e. The zero-order chi connectivity index (χ0) is 45.3. The number of hydrogen-bond acceptors (Lipinski definition) is 6. The van der Waals surface area contributed by atoms with Gasteiger partial charge in [-0.05, 0) is 158 Å². The van der Waals surface area contributed by atoms with E-state index in [0.717, 1.165) is 55.8 Å². The lowest BCUT2D eigenvalue weighted by molar-refractivity contribution is 0.292. The first kappa shape index (κ1) is 50.9. The van der Waals surface area contributed by atoms with Crippen molar-refractivity contribution in [3.8, 4) is 11.8 Å². The molecule has 0 aliphatic heterocycles. The molecule has 0 amide bonds. The Bertz CT molecular complexity index is 2110. The van der Waals surface area contributed by atoms with Crippen molar-refractivity contribution in [3.63, 3.8) is 0 Å². The van der Waals surface area contributed by atoms with E-state index in [1.807, 2.05) is 29.5 Å². The molecule has 0 saturated carbocycles. The van der Waals surface area contributed by atoms with Gasteiger partial charge in [0.25, 0.3) is 0 Å². The van der Waals surface area contributed by atoms with Gasteiger partial charge in [0.1, 0.15) is 0 Å². The minimum Gasteiger partial charge on any atom is -0.432 e. The van der Waals surface area contributed by atoms with Crippen molar-refractivity contribution in [3.05, 3.63) is 108 Å². The van der Waals surface area contributed by atoms with Gasteiger partial charge >= 0.3 is 0 Å². The Morgan fingerprint density at radius 2 is 1.21 bits per heavy atom. The van der Waals surface area contributed by atoms with Gasteiger partial charge in [0.2, 0.25) is 0 Å². The van der Waals surface area contributed by atoms with Gasteiger partial charge in [-0.1, -0.05) is 104 Å². The van der Waals surface area contributed by atoms with Crippen LogP contribution in [0.5, 0.6) is 0 Å². The van der Waals surface area contributed by atoms with Gasteiger partial charge < -0.3 is 18.5 Å². The van der Waals surface area contributed by atoms with Crippen molar-refractivity contribution in [1.29, 1.82) is 0 Å². The highest BCUT2D eigenvalue weighted by Crippen LogP contribution is 2.41. The predicted octanol–water partition coefficient (Wildman–Crippen LogP) is 15.3. The minimum atomic E-state index is -2.20. The van der Waals surface area contributed by atoms with Crippen molar-refractivity contribution in [2.24, 2.45) is 0 Å². The normalized spacial score (nSPS) is 13.3. The van der Waals surface area contributed by atoms with E-state index in [-0.39, 0.29) is 15.1 Å². The van der Waals surface area contributed by atoms with Crippen LogP contribution >= 0.6 is 22.7 Å². The maximum absolute atomic E-state index is 10.8. The molecule has 0 aliphatic rings. The van der Waals surface area contributed by atoms with Gasteiger partial charge in [0.15, 0.2) is 25.0 Å². The predicted molar refractivity (Wildman–Crippen MR) is 280 cm³/mol. The van der Waals surface area contributed by atoms with Crippen LogP contribution in [0, 0.1) is 11.8 Å². The van der Waals surface area contributed by atoms with Crippen LogP contribution in [0.4, 0.5) is 5.69 Å². The summed E-state index contributed by atoms with van der Waals surface area (Å²) in [5.41, 5.74) is 6.05. The van der Waals surface area contributed by atoms with Crippen LogP contribution in [0.3, 0.4) is 0 Å². The number of rotatable bonds is 19. The smallest absolute Gasteiger partial charge is 0.191 e. The molecule has 2 aromatic heterocycles. The Labute approximate surface area is 382 Å². The molecule has 0 fully saturated rings. The van der Waals surface area contributed by atoms with Crippen LogP contribution < -0.4 is 4.90 Å². The number of anilines is 1. The number of thiophene rings is 2. The van der Waals surface area contributed by atoms with Gasteiger partial charge in [-0.25, -0.2) is 0 Å². The first-order chi connectivity index (χ1) is 28.3. The van der Waals surface area contributed by atoms with E-state index in [0.29, 0.717) is 6.61 Å². The molecule has 61 heavy (non-hydrogen) atoms. The van der Waals surface area contributed by atoms with E-state index in [2.05, 4.69) is 191 Å². The quantitative estimate of drug-likeness (QED) is 0.0752. The van der Waals surface area contributed by atoms with E-state index in [1.54, 1.807) is 11.3 Å². The standard InChI is InChI=1S/C52H77NO3S2Si3/c1-16-53(36-20-35-52(8,9)59(10,11)54)45-27-23-42(24-28-45)25-29-46-39-44(34-38-56-61(14,15)51(5,6)7)49(57-46)32-30-47-40-43(33-37-55-60(12,13)50(2,3)4)48(58-47)31-26-41-21-18-17-19-22-41/h17-19,21-25,27-30,32,39-40,54H,16,20,33-38H2,1-15H3/b29-25+,32-30+. The summed E-state index contributed by atoms with van der Waals surface area (Å²) in [4.78, 5) is 18.0. The molecular weight excluding hydrogens is 835 g/mol. The molecule has 1 N–H and O–H groups in total.